The Bertz CT molecular complexity index is 397. The molecule has 1 aliphatic heterocycles. The summed E-state index contributed by atoms with van der Waals surface area (Å²) in [6.45, 7) is 6.38. The van der Waals surface area contributed by atoms with Crippen LogP contribution in [0.3, 0.4) is 0 Å². The largest absolute Gasteiger partial charge is 0.481 e. The third-order valence-corrected chi connectivity index (χ3v) is 3.60. The van der Waals surface area contributed by atoms with Crippen molar-refractivity contribution in [3.8, 4) is 0 Å². The molecule has 20 heavy (non-hydrogen) atoms. The van der Waals surface area contributed by atoms with Crippen molar-refractivity contribution < 1.29 is 19.5 Å². The number of carbonyl (C=O) groups excluding carboxylic acids is 2. The van der Waals surface area contributed by atoms with Gasteiger partial charge in [0.25, 0.3) is 0 Å². The highest BCUT2D eigenvalue weighted by Crippen LogP contribution is 2.33. The van der Waals surface area contributed by atoms with E-state index in [0.717, 1.165) is 0 Å². The Balaban J connectivity index is 2.45. The second-order valence-corrected chi connectivity index (χ2v) is 5.58. The molecule has 0 aromatic heterocycles. The first kappa shape index (κ1) is 16.4. The monoisotopic (exact) mass is 285 g/mol. The summed E-state index contributed by atoms with van der Waals surface area (Å²) in [6, 6.07) is -0.571. The molecule has 0 aromatic carbocycles. The molecular weight excluding hydrogens is 262 g/mol. The SMILES string of the molecule is CCC1(C(=O)O)CCN(CC(=O)NC(=O)NC(C)C)C1. The Morgan fingerprint density at radius 2 is 2.00 bits per heavy atom. The topological polar surface area (TPSA) is 98.7 Å². The lowest BCUT2D eigenvalue weighted by atomic mass is 9.84. The molecule has 1 unspecified atom stereocenters. The Kier molecular flexibility index (Phi) is 5.50. The molecule has 1 aliphatic rings. The summed E-state index contributed by atoms with van der Waals surface area (Å²) in [5.41, 5.74) is -0.763. The third kappa shape index (κ3) is 4.19. The van der Waals surface area contributed by atoms with Crippen LogP contribution in [-0.2, 0) is 9.59 Å². The van der Waals surface area contributed by atoms with Crippen LogP contribution in [0.4, 0.5) is 4.79 Å². The van der Waals surface area contributed by atoms with E-state index in [2.05, 4.69) is 10.6 Å². The van der Waals surface area contributed by atoms with E-state index in [-0.39, 0.29) is 12.6 Å². The van der Waals surface area contributed by atoms with Gasteiger partial charge in [-0.2, -0.15) is 0 Å². The molecule has 0 bridgehead atoms. The summed E-state index contributed by atoms with van der Waals surface area (Å²) in [6.07, 6.45) is 1.07. The van der Waals surface area contributed by atoms with Crippen LogP contribution in [0.1, 0.15) is 33.6 Å². The smallest absolute Gasteiger partial charge is 0.321 e. The molecule has 3 amide bonds. The summed E-state index contributed by atoms with van der Waals surface area (Å²) in [5.74, 6) is -1.24. The molecule has 1 fully saturated rings. The van der Waals surface area contributed by atoms with E-state index in [1.54, 1.807) is 18.7 Å². The van der Waals surface area contributed by atoms with Crippen molar-refractivity contribution in [2.24, 2.45) is 5.41 Å². The van der Waals surface area contributed by atoms with E-state index in [4.69, 9.17) is 0 Å². The predicted molar refractivity (Wildman–Crippen MR) is 73.2 cm³/mol. The van der Waals surface area contributed by atoms with Crippen molar-refractivity contribution in [2.45, 2.75) is 39.7 Å². The predicted octanol–water partition coefficient (Wildman–Crippen LogP) is 0.407. The maximum absolute atomic E-state index is 11.7. The molecule has 1 heterocycles. The van der Waals surface area contributed by atoms with Gasteiger partial charge in [-0.25, -0.2) is 4.79 Å². The molecule has 1 rings (SSSR count). The quantitative estimate of drug-likeness (QED) is 0.679. The molecule has 0 aromatic rings. The van der Waals surface area contributed by atoms with Gasteiger partial charge in [0.05, 0.1) is 12.0 Å². The number of hydrogen-bond acceptors (Lipinski definition) is 4. The van der Waals surface area contributed by atoms with E-state index >= 15 is 0 Å². The molecular formula is C13H23N3O4. The number of aliphatic carboxylic acids is 1. The van der Waals surface area contributed by atoms with Crippen LogP contribution in [0, 0.1) is 5.41 Å². The van der Waals surface area contributed by atoms with E-state index in [1.807, 2.05) is 6.92 Å². The number of hydrogen-bond donors (Lipinski definition) is 3. The zero-order valence-electron chi connectivity index (χ0n) is 12.2. The maximum atomic E-state index is 11.7. The van der Waals surface area contributed by atoms with Crippen LogP contribution in [0.2, 0.25) is 0 Å². The first-order valence-corrected chi connectivity index (χ1v) is 6.85. The van der Waals surface area contributed by atoms with Gasteiger partial charge in [0.15, 0.2) is 0 Å². The van der Waals surface area contributed by atoms with E-state index in [1.165, 1.54) is 0 Å². The number of likely N-dealkylation sites (tertiary alicyclic amines) is 1. The lowest BCUT2D eigenvalue weighted by Gasteiger charge is -2.22. The Morgan fingerprint density at radius 1 is 1.35 bits per heavy atom. The first-order valence-electron chi connectivity index (χ1n) is 6.85. The van der Waals surface area contributed by atoms with Crippen molar-refractivity contribution in [1.29, 1.82) is 0 Å². The number of carboxylic acid groups (broad SMARTS) is 1. The minimum absolute atomic E-state index is 0.0422. The number of amides is 3. The number of carbonyl (C=O) groups is 3. The summed E-state index contributed by atoms with van der Waals surface area (Å²) in [7, 11) is 0. The third-order valence-electron chi connectivity index (χ3n) is 3.60. The zero-order valence-corrected chi connectivity index (χ0v) is 12.2. The van der Waals surface area contributed by atoms with Crippen LogP contribution < -0.4 is 10.6 Å². The lowest BCUT2D eigenvalue weighted by Crippen LogP contribution is -2.46. The van der Waals surface area contributed by atoms with Gasteiger partial charge in [-0.3, -0.25) is 19.8 Å². The van der Waals surface area contributed by atoms with Gasteiger partial charge in [0.2, 0.25) is 5.91 Å². The molecule has 0 radical (unpaired) electrons. The normalized spacial score (nSPS) is 22.8. The summed E-state index contributed by atoms with van der Waals surface area (Å²) in [5, 5.41) is 14.1. The Labute approximate surface area is 118 Å². The fourth-order valence-corrected chi connectivity index (χ4v) is 2.38. The molecule has 1 atom stereocenters. The number of rotatable bonds is 5. The highest BCUT2D eigenvalue weighted by atomic mass is 16.4. The second-order valence-electron chi connectivity index (χ2n) is 5.58. The summed E-state index contributed by atoms with van der Waals surface area (Å²) in [4.78, 5) is 36.1. The minimum atomic E-state index is -0.819. The molecule has 0 aliphatic carbocycles. The Morgan fingerprint density at radius 3 is 2.45 bits per heavy atom. The second kappa shape index (κ2) is 6.69. The van der Waals surface area contributed by atoms with Crippen molar-refractivity contribution in [2.75, 3.05) is 19.6 Å². The molecule has 7 nitrogen and oxygen atoms in total. The molecule has 0 saturated carbocycles. The van der Waals surface area contributed by atoms with Crippen LogP contribution in [0.25, 0.3) is 0 Å². The number of nitrogens with one attached hydrogen (secondary N) is 2. The van der Waals surface area contributed by atoms with Gasteiger partial charge in [0, 0.05) is 12.6 Å². The zero-order chi connectivity index (χ0) is 15.3. The number of nitrogens with zero attached hydrogens (tertiary/aromatic N) is 1. The molecule has 114 valence electrons. The van der Waals surface area contributed by atoms with E-state index < -0.39 is 23.3 Å². The average molecular weight is 285 g/mol. The van der Waals surface area contributed by atoms with Crippen molar-refractivity contribution in [1.82, 2.24) is 15.5 Å². The first-order chi connectivity index (χ1) is 9.29. The number of imide groups is 1. The van der Waals surface area contributed by atoms with Gasteiger partial charge in [0.1, 0.15) is 0 Å². The lowest BCUT2D eigenvalue weighted by molar-refractivity contribution is -0.148. The van der Waals surface area contributed by atoms with Gasteiger partial charge >= 0.3 is 12.0 Å². The van der Waals surface area contributed by atoms with E-state index in [0.29, 0.717) is 25.9 Å². The average Bonchev–Trinajstić information content (AvgIpc) is 2.72. The fourth-order valence-electron chi connectivity index (χ4n) is 2.38. The van der Waals surface area contributed by atoms with E-state index in [9.17, 15) is 19.5 Å². The molecule has 7 heteroatoms. The van der Waals surface area contributed by atoms with Gasteiger partial charge < -0.3 is 10.4 Å². The number of carboxylic acids is 1. The van der Waals surface area contributed by atoms with Gasteiger partial charge in [-0.05, 0) is 33.2 Å². The maximum Gasteiger partial charge on any atom is 0.321 e. The van der Waals surface area contributed by atoms with Crippen LogP contribution in [0.5, 0.6) is 0 Å². The van der Waals surface area contributed by atoms with Gasteiger partial charge in [-0.15, -0.1) is 0 Å². The van der Waals surface area contributed by atoms with Crippen LogP contribution in [0.15, 0.2) is 0 Å². The van der Waals surface area contributed by atoms with Crippen LogP contribution >= 0.6 is 0 Å². The standard InChI is InChI=1S/C13H23N3O4/c1-4-13(11(18)19)5-6-16(8-13)7-10(17)15-12(20)14-9(2)3/h9H,4-8H2,1-3H3,(H,18,19)(H2,14,15,17,20). The van der Waals surface area contributed by atoms with Gasteiger partial charge in [-0.1, -0.05) is 6.92 Å². The minimum Gasteiger partial charge on any atom is -0.481 e. The highest BCUT2D eigenvalue weighted by Gasteiger charge is 2.43. The summed E-state index contributed by atoms with van der Waals surface area (Å²) >= 11 is 0. The van der Waals surface area contributed by atoms with Crippen molar-refractivity contribution in [3.05, 3.63) is 0 Å². The van der Waals surface area contributed by atoms with Crippen LogP contribution in [-0.4, -0.2) is 53.6 Å². The molecule has 3 N–H and O–H groups in total. The Hall–Kier alpha value is -1.63. The highest BCUT2D eigenvalue weighted by molar-refractivity contribution is 5.95. The summed E-state index contributed by atoms with van der Waals surface area (Å²) < 4.78 is 0. The molecule has 0 spiro atoms. The van der Waals surface area contributed by atoms with Crippen molar-refractivity contribution >= 4 is 17.9 Å². The molecule has 1 saturated heterocycles. The van der Waals surface area contributed by atoms with Crippen molar-refractivity contribution in [3.63, 3.8) is 0 Å². The number of urea groups is 1. The fraction of sp³-hybridized carbons (Fsp3) is 0.769.